The standard InChI is InChI=1S/C13H22N2O/c1-5-11(14)12-8-7-10(9-15-12)16-13(3,4)6-2/h7-9,11H,5-6,14H2,1-4H3. The van der Waals surface area contributed by atoms with Crippen LogP contribution in [0.5, 0.6) is 5.75 Å². The van der Waals surface area contributed by atoms with Gasteiger partial charge >= 0.3 is 0 Å². The molecular formula is C13H22N2O. The van der Waals surface area contributed by atoms with Crippen LogP contribution in [0.3, 0.4) is 0 Å². The lowest BCUT2D eigenvalue weighted by atomic mass is 10.1. The largest absolute Gasteiger partial charge is 0.486 e. The highest BCUT2D eigenvalue weighted by Gasteiger charge is 2.17. The van der Waals surface area contributed by atoms with E-state index in [1.807, 2.05) is 12.1 Å². The van der Waals surface area contributed by atoms with E-state index < -0.39 is 0 Å². The molecular weight excluding hydrogens is 200 g/mol. The Morgan fingerprint density at radius 1 is 1.38 bits per heavy atom. The molecule has 3 nitrogen and oxygen atoms in total. The molecule has 0 spiro atoms. The van der Waals surface area contributed by atoms with Crippen LogP contribution in [0.15, 0.2) is 18.3 Å². The Morgan fingerprint density at radius 2 is 2.06 bits per heavy atom. The van der Waals surface area contributed by atoms with Crippen molar-refractivity contribution in [3.63, 3.8) is 0 Å². The maximum atomic E-state index is 5.89. The smallest absolute Gasteiger partial charge is 0.138 e. The second-order valence-electron chi connectivity index (χ2n) is 4.65. The van der Waals surface area contributed by atoms with Gasteiger partial charge in [0.05, 0.1) is 11.9 Å². The molecule has 1 aromatic rings. The van der Waals surface area contributed by atoms with Crippen molar-refractivity contribution < 1.29 is 4.74 Å². The molecule has 0 aliphatic heterocycles. The van der Waals surface area contributed by atoms with Gasteiger partial charge < -0.3 is 10.5 Å². The second kappa shape index (κ2) is 5.30. The van der Waals surface area contributed by atoms with Crippen LogP contribution in [0, 0.1) is 0 Å². The van der Waals surface area contributed by atoms with E-state index in [2.05, 4.69) is 32.7 Å². The zero-order valence-electron chi connectivity index (χ0n) is 10.7. The molecule has 1 rings (SSSR count). The molecule has 2 N–H and O–H groups in total. The van der Waals surface area contributed by atoms with Crippen molar-refractivity contribution in [2.45, 2.75) is 52.2 Å². The summed E-state index contributed by atoms with van der Waals surface area (Å²) in [5, 5.41) is 0. The summed E-state index contributed by atoms with van der Waals surface area (Å²) < 4.78 is 5.82. The second-order valence-corrected chi connectivity index (χ2v) is 4.65. The number of rotatable bonds is 5. The monoisotopic (exact) mass is 222 g/mol. The minimum Gasteiger partial charge on any atom is -0.486 e. The summed E-state index contributed by atoms with van der Waals surface area (Å²) in [6.45, 7) is 8.29. The van der Waals surface area contributed by atoms with E-state index in [1.165, 1.54) is 0 Å². The van der Waals surface area contributed by atoms with Gasteiger partial charge in [-0.2, -0.15) is 0 Å². The number of hydrogen-bond acceptors (Lipinski definition) is 3. The van der Waals surface area contributed by atoms with Crippen LogP contribution in [0.2, 0.25) is 0 Å². The summed E-state index contributed by atoms with van der Waals surface area (Å²) in [6.07, 6.45) is 3.61. The predicted octanol–water partition coefficient (Wildman–Crippen LogP) is 3.06. The van der Waals surface area contributed by atoms with Crippen molar-refractivity contribution in [2.75, 3.05) is 0 Å². The van der Waals surface area contributed by atoms with E-state index in [1.54, 1.807) is 6.20 Å². The number of nitrogens with two attached hydrogens (primary N) is 1. The molecule has 1 atom stereocenters. The first-order valence-electron chi connectivity index (χ1n) is 5.89. The molecule has 16 heavy (non-hydrogen) atoms. The third-order valence-electron chi connectivity index (χ3n) is 2.82. The van der Waals surface area contributed by atoms with Gasteiger partial charge in [0, 0.05) is 6.04 Å². The van der Waals surface area contributed by atoms with Crippen LogP contribution in [0.4, 0.5) is 0 Å². The van der Waals surface area contributed by atoms with Crippen LogP contribution in [-0.4, -0.2) is 10.6 Å². The van der Waals surface area contributed by atoms with E-state index in [9.17, 15) is 0 Å². The first-order chi connectivity index (χ1) is 7.48. The van der Waals surface area contributed by atoms with Crippen molar-refractivity contribution in [1.82, 2.24) is 4.98 Å². The number of hydrogen-bond donors (Lipinski definition) is 1. The Kier molecular flexibility index (Phi) is 4.30. The molecule has 0 bridgehead atoms. The summed E-state index contributed by atoms with van der Waals surface area (Å²) in [4.78, 5) is 4.32. The highest BCUT2D eigenvalue weighted by molar-refractivity contribution is 5.22. The van der Waals surface area contributed by atoms with Crippen LogP contribution in [0.1, 0.15) is 52.3 Å². The van der Waals surface area contributed by atoms with Gasteiger partial charge in [0.15, 0.2) is 0 Å². The number of ether oxygens (including phenoxy) is 1. The van der Waals surface area contributed by atoms with Gasteiger partial charge in [-0.05, 0) is 38.8 Å². The summed E-state index contributed by atoms with van der Waals surface area (Å²) >= 11 is 0. The van der Waals surface area contributed by atoms with E-state index in [-0.39, 0.29) is 11.6 Å². The fraction of sp³-hybridized carbons (Fsp3) is 0.615. The fourth-order valence-electron chi connectivity index (χ4n) is 1.27. The molecule has 1 heterocycles. The molecule has 0 radical (unpaired) electrons. The predicted molar refractivity (Wildman–Crippen MR) is 66.5 cm³/mol. The molecule has 1 aromatic heterocycles. The summed E-state index contributed by atoms with van der Waals surface area (Å²) in [6, 6.07) is 3.90. The Morgan fingerprint density at radius 3 is 2.50 bits per heavy atom. The fourth-order valence-corrected chi connectivity index (χ4v) is 1.27. The van der Waals surface area contributed by atoms with Gasteiger partial charge in [0.25, 0.3) is 0 Å². The van der Waals surface area contributed by atoms with Gasteiger partial charge in [-0.3, -0.25) is 4.98 Å². The van der Waals surface area contributed by atoms with E-state index >= 15 is 0 Å². The maximum Gasteiger partial charge on any atom is 0.138 e. The summed E-state index contributed by atoms with van der Waals surface area (Å²) in [5.41, 5.74) is 6.67. The Balaban J connectivity index is 2.72. The van der Waals surface area contributed by atoms with E-state index in [0.29, 0.717) is 0 Å². The average Bonchev–Trinajstić information content (AvgIpc) is 2.28. The first kappa shape index (κ1) is 13.0. The molecule has 0 saturated carbocycles. The van der Waals surface area contributed by atoms with Gasteiger partial charge in [0.2, 0.25) is 0 Å². The third kappa shape index (κ3) is 3.49. The van der Waals surface area contributed by atoms with Crippen molar-refractivity contribution >= 4 is 0 Å². The van der Waals surface area contributed by atoms with E-state index in [0.717, 1.165) is 24.3 Å². The highest BCUT2D eigenvalue weighted by Crippen LogP contribution is 2.21. The van der Waals surface area contributed by atoms with Gasteiger partial charge in [-0.15, -0.1) is 0 Å². The van der Waals surface area contributed by atoms with Crippen molar-refractivity contribution in [3.8, 4) is 5.75 Å². The van der Waals surface area contributed by atoms with Crippen LogP contribution >= 0.6 is 0 Å². The quantitative estimate of drug-likeness (QED) is 0.833. The molecule has 1 unspecified atom stereocenters. The SMILES string of the molecule is CCC(N)c1ccc(OC(C)(C)CC)cn1. The van der Waals surface area contributed by atoms with Crippen molar-refractivity contribution in [3.05, 3.63) is 24.0 Å². The molecule has 0 saturated heterocycles. The summed E-state index contributed by atoms with van der Waals surface area (Å²) in [7, 11) is 0. The minimum absolute atomic E-state index is 0.0215. The molecule has 0 aliphatic carbocycles. The maximum absolute atomic E-state index is 5.89. The first-order valence-corrected chi connectivity index (χ1v) is 5.89. The lowest BCUT2D eigenvalue weighted by Gasteiger charge is -2.24. The van der Waals surface area contributed by atoms with Crippen LogP contribution < -0.4 is 10.5 Å². The van der Waals surface area contributed by atoms with Crippen molar-refractivity contribution in [1.29, 1.82) is 0 Å². The lowest BCUT2D eigenvalue weighted by Crippen LogP contribution is -2.26. The third-order valence-corrected chi connectivity index (χ3v) is 2.82. The topological polar surface area (TPSA) is 48.1 Å². The summed E-state index contributed by atoms with van der Waals surface area (Å²) in [5.74, 6) is 0.805. The molecule has 3 heteroatoms. The number of pyridine rings is 1. The zero-order chi connectivity index (χ0) is 12.2. The Bertz CT molecular complexity index is 319. The minimum atomic E-state index is -0.143. The highest BCUT2D eigenvalue weighted by atomic mass is 16.5. The Hall–Kier alpha value is -1.09. The van der Waals surface area contributed by atoms with Crippen LogP contribution in [-0.2, 0) is 0 Å². The molecule has 0 fully saturated rings. The molecule has 0 aromatic carbocycles. The zero-order valence-corrected chi connectivity index (χ0v) is 10.7. The lowest BCUT2D eigenvalue weighted by molar-refractivity contribution is 0.105. The van der Waals surface area contributed by atoms with Gasteiger partial charge in [-0.1, -0.05) is 13.8 Å². The number of aromatic nitrogens is 1. The average molecular weight is 222 g/mol. The Labute approximate surface area is 98.0 Å². The van der Waals surface area contributed by atoms with E-state index in [4.69, 9.17) is 10.5 Å². The molecule has 0 amide bonds. The van der Waals surface area contributed by atoms with Gasteiger partial charge in [-0.25, -0.2) is 0 Å². The molecule has 90 valence electrons. The number of nitrogens with zero attached hydrogens (tertiary/aromatic N) is 1. The van der Waals surface area contributed by atoms with Gasteiger partial charge in [0.1, 0.15) is 11.4 Å². The molecule has 0 aliphatic rings. The van der Waals surface area contributed by atoms with Crippen LogP contribution in [0.25, 0.3) is 0 Å². The van der Waals surface area contributed by atoms with Crippen molar-refractivity contribution in [2.24, 2.45) is 5.73 Å². The normalized spacial score (nSPS) is 13.6.